The molecule has 0 aromatic carbocycles. The first-order chi connectivity index (χ1) is 9.43. The van der Waals surface area contributed by atoms with Crippen molar-refractivity contribution in [1.29, 1.82) is 0 Å². The Hall–Kier alpha value is -1.17. The quantitative estimate of drug-likeness (QED) is 0.333. The van der Waals surface area contributed by atoms with Gasteiger partial charge in [0.05, 0.1) is 12.0 Å². The van der Waals surface area contributed by atoms with Gasteiger partial charge in [-0.2, -0.15) is 0 Å². The minimum atomic E-state index is -0.742. The van der Waals surface area contributed by atoms with E-state index in [1.165, 1.54) is 0 Å². The summed E-state index contributed by atoms with van der Waals surface area (Å²) in [5, 5.41) is 19.4. The van der Waals surface area contributed by atoms with Crippen LogP contribution < -0.4 is 0 Å². The van der Waals surface area contributed by atoms with Gasteiger partial charge in [-0.25, -0.2) is 4.89 Å². The van der Waals surface area contributed by atoms with Gasteiger partial charge in [-0.3, -0.25) is 10.1 Å². The number of esters is 1. The van der Waals surface area contributed by atoms with Crippen molar-refractivity contribution in [1.82, 2.24) is 0 Å². The Morgan fingerprint density at radius 3 is 2.85 bits per heavy atom. The molecule has 1 fully saturated rings. The van der Waals surface area contributed by atoms with Gasteiger partial charge in [0.2, 0.25) is 0 Å². The zero-order valence-electron chi connectivity index (χ0n) is 11.9. The molecule has 1 heterocycles. The number of hydrogen-bond donors (Lipinski definition) is 2. The second-order valence-corrected chi connectivity index (χ2v) is 5.84. The minimum absolute atomic E-state index is 0.275. The van der Waals surface area contributed by atoms with Crippen molar-refractivity contribution < 1.29 is 24.8 Å². The Kier molecular flexibility index (Phi) is 4.62. The maximum Gasteiger partial charge on any atom is 0.309 e. The zero-order valence-corrected chi connectivity index (χ0v) is 11.9. The van der Waals surface area contributed by atoms with Crippen LogP contribution in [0.2, 0.25) is 0 Å². The molecule has 5 heteroatoms. The summed E-state index contributed by atoms with van der Waals surface area (Å²) in [7, 11) is 0. The van der Waals surface area contributed by atoms with Crippen molar-refractivity contribution >= 4 is 5.97 Å². The highest BCUT2D eigenvalue weighted by Gasteiger charge is 2.45. The first-order valence-electron chi connectivity index (χ1n) is 6.97. The van der Waals surface area contributed by atoms with Gasteiger partial charge in [-0.05, 0) is 37.8 Å². The zero-order chi connectivity index (χ0) is 14.9. The van der Waals surface area contributed by atoms with E-state index >= 15 is 0 Å². The molecule has 20 heavy (non-hydrogen) atoms. The van der Waals surface area contributed by atoms with Gasteiger partial charge in [0.1, 0.15) is 12.2 Å². The number of aliphatic hydroxyl groups is 1. The minimum Gasteiger partial charge on any atom is -0.457 e. The number of ether oxygens (including phenoxy) is 1. The molecule has 1 aliphatic heterocycles. The average molecular weight is 282 g/mol. The monoisotopic (exact) mass is 282 g/mol. The molecular formula is C15H22O5. The van der Waals surface area contributed by atoms with Crippen molar-refractivity contribution in [3.05, 3.63) is 23.8 Å². The normalized spacial score (nSPS) is 41.6. The summed E-state index contributed by atoms with van der Waals surface area (Å²) >= 11 is 0. The molecular weight excluding hydrogens is 260 g/mol. The molecule has 0 aromatic rings. The SMILES string of the molecule is C=C1C[C@H](O)[C@@H]2[C@H](/C=C(\C)CC[C@H]1OO)OC(=O)[C@H]2C. The molecule has 0 aromatic heterocycles. The smallest absolute Gasteiger partial charge is 0.309 e. The Morgan fingerprint density at radius 2 is 2.20 bits per heavy atom. The summed E-state index contributed by atoms with van der Waals surface area (Å²) in [5.41, 5.74) is 1.69. The van der Waals surface area contributed by atoms with Gasteiger partial charge in [-0.15, -0.1) is 0 Å². The van der Waals surface area contributed by atoms with Crippen LogP contribution in [-0.4, -0.2) is 34.6 Å². The van der Waals surface area contributed by atoms with Crippen molar-refractivity contribution in [2.75, 3.05) is 0 Å². The number of allylic oxidation sites excluding steroid dienone is 1. The fraction of sp³-hybridized carbons (Fsp3) is 0.667. The number of rotatable bonds is 1. The largest absolute Gasteiger partial charge is 0.457 e. The number of fused-ring (bicyclic) bond motifs is 1. The van der Waals surface area contributed by atoms with E-state index in [0.717, 1.165) is 12.0 Å². The second kappa shape index (κ2) is 6.08. The number of hydrogen-bond acceptors (Lipinski definition) is 5. The van der Waals surface area contributed by atoms with Gasteiger partial charge in [0, 0.05) is 5.92 Å². The van der Waals surface area contributed by atoms with Gasteiger partial charge in [0.15, 0.2) is 0 Å². The molecule has 1 saturated heterocycles. The summed E-state index contributed by atoms with van der Waals surface area (Å²) < 4.78 is 5.35. The maximum atomic E-state index is 11.7. The molecule has 2 rings (SSSR count). The van der Waals surface area contributed by atoms with Crippen LogP contribution in [-0.2, 0) is 14.4 Å². The predicted octanol–water partition coefficient (Wildman–Crippen LogP) is 2.07. The van der Waals surface area contributed by atoms with E-state index in [9.17, 15) is 9.90 Å². The molecule has 2 aliphatic rings. The number of aliphatic hydroxyl groups excluding tert-OH is 1. The van der Waals surface area contributed by atoms with Crippen LogP contribution >= 0.6 is 0 Å². The lowest BCUT2D eigenvalue weighted by molar-refractivity contribution is -0.270. The maximum absolute atomic E-state index is 11.7. The number of carbonyl (C=O) groups excluding carboxylic acids is 1. The van der Waals surface area contributed by atoms with Crippen molar-refractivity contribution in [2.45, 2.75) is 51.4 Å². The standard InChI is InChI=1S/C15H22O5/c1-8-4-5-12(20-18)9(2)7-11(16)14-10(3)15(17)19-13(14)6-8/h6,10-14,16,18H,2,4-5,7H2,1,3H3/b8-6+/t10-,11-,12+,13-,14+/m0/s1. The van der Waals surface area contributed by atoms with Crippen LogP contribution in [0.4, 0.5) is 0 Å². The van der Waals surface area contributed by atoms with E-state index in [0.29, 0.717) is 18.4 Å². The highest BCUT2D eigenvalue weighted by Crippen LogP contribution is 2.36. The van der Waals surface area contributed by atoms with Crippen LogP contribution in [0.25, 0.3) is 0 Å². The van der Waals surface area contributed by atoms with Crippen LogP contribution in [0, 0.1) is 11.8 Å². The van der Waals surface area contributed by atoms with Crippen LogP contribution in [0.1, 0.15) is 33.1 Å². The lowest BCUT2D eigenvalue weighted by Crippen LogP contribution is -2.33. The lowest BCUT2D eigenvalue weighted by atomic mass is 9.81. The van der Waals surface area contributed by atoms with Gasteiger partial charge in [-0.1, -0.05) is 19.1 Å². The van der Waals surface area contributed by atoms with E-state index in [4.69, 9.17) is 9.99 Å². The van der Waals surface area contributed by atoms with E-state index in [1.807, 2.05) is 13.0 Å². The Balaban J connectivity index is 2.29. The van der Waals surface area contributed by atoms with Gasteiger partial charge in [0.25, 0.3) is 0 Å². The van der Waals surface area contributed by atoms with Crippen molar-refractivity contribution in [3.8, 4) is 0 Å². The molecule has 112 valence electrons. The number of carbonyl (C=O) groups is 1. The Bertz CT molecular complexity index is 428. The topological polar surface area (TPSA) is 76.0 Å². The van der Waals surface area contributed by atoms with Crippen molar-refractivity contribution in [3.63, 3.8) is 0 Å². The highest BCUT2D eigenvalue weighted by molar-refractivity contribution is 5.75. The molecule has 0 radical (unpaired) electrons. The molecule has 5 nitrogen and oxygen atoms in total. The third kappa shape index (κ3) is 2.95. The molecule has 1 aliphatic carbocycles. The van der Waals surface area contributed by atoms with E-state index < -0.39 is 12.2 Å². The first-order valence-corrected chi connectivity index (χ1v) is 6.97. The molecule has 0 spiro atoms. The second-order valence-electron chi connectivity index (χ2n) is 5.84. The molecule has 0 saturated carbocycles. The fourth-order valence-electron chi connectivity index (χ4n) is 3.05. The van der Waals surface area contributed by atoms with Gasteiger partial charge < -0.3 is 9.84 Å². The molecule has 0 unspecified atom stereocenters. The summed E-state index contributed by atoms with van der Waals surface area (Å²) in [6, 6.07) is 0. The molecule has 0 bridgehead atoms. The van der Waals surface area contributed by atoms with E-state index in [-0.39, 0.29) is 23.9 Å². The lowest BCUT2D eigenvalue weighted by Gasteiger charge is -2.27. The van der Waals surface area contributed by atoms with Crippen LogP contribution in [0.15, 0.2) is 23.8 Å². The van der Waals surface area contributed by atoms with E-state index in [1.54, 1.807) is 6.92 Å². The van der Waals surface area contributed by atoms with Crippen LogP contribution in [0.5, 0.6) is 0 Å². The van der Waals surface area contributed by atoms with Crippen molar-refractivity contribution in [2.24, 2.45) is 11.8 Å². The predicted molar refractivity (Wildman–Crippen MR) is 72.8 cm³/mol. The third-order valence-corrected chi connectivity index (χ3v) is 4.33. The molecule has 5 atom stereocenters. The summed E-state index contributed by atoms with van der Waals surface area (Å²) in [5.74, 6) is -0.908. The summed E-state index contributed by atoms with van der Waals surface area (Å²) in [4.78, 5) is 16.2. The van der Waals surface area contributed by atoms with Crippen LogP contribution in [0.3, 0.4) is 0 Å². The Morgan fingerprint density at radius 1 is 1.50 bits per heavy atom. The molecule has 0 amide bonds. The summed E-state index contributed by atoms with van der Waals surface area (Å²) in [6.07, 6.45) is 1.89. The average Bonchev–Trinajstić information content (AvgIpc) is 2.64. The molecule has 2 N–H and O–H groups in total. The van der Waals surface area contributed by atoms with E-state index in [2.05, 4.69) is 11.5 Å². The first kappa shape index (κ1) is 15.2. The van der Waals surface area contributed by atoms with Gasteiger partial charge >= 0.3 is 5.97 Å². The Labute approximate surface area is 118 Å². The highest BCUT2D eigenvalue weighted by atomic mass is 17.1. The summed E-state index contributed by atoms with van der Waals surface area (Å²) in [6.45, 7) is 7.60. The third-order valence-electron chi connectivity index (χ3n) is 4.33. The fourth-order valence-corrected chi connectivity index (χ4v) is 3.05.